The van der Waals surface area contributed by atoms with Crippen LogP contribution in [0.1, 0.15) is 77.6 Å². The van der Waals surface area contributed by atoms with E-state index in [9.17, 15) is 14.4 Å². The Balaban J connectivity index is 3.12. The van der Waals surface area contributed by atoms with Crippen molar-refractivity contribution in [3.8, 4) is 11.8 Å². The molecule has 0 bridgehead atoms. The number of hydrogen-bond donors (Lipinski definition) is 1. The van der Waals surface area contributed by atoms with E-state index in [0.717, 1.165) is 19.3 Å². The Morgan fingerprint density at radius 1 is 1.10 bits per heavy atom. The highest BCUT2D eigenvalue weighted by Crippen LogP contribution is 2.26. The molecule has 0 radical (unpaired) electrons. The Labute approximate surface area is 172 Å². The predicted octanol–water partition coefficient (Wildman–Crippen LogP) is 3.21. The molecule has 1 N–H and O–H groups in total. The van der Waals surface area contributed by atoms with Gasteiger partial charge >= 0.3 is 11.9 Å². The number of carbonyl (C=O) groups is 3. The normalized spacial score (nSPS) is 12.1. The molecule has 7 heteroatoms. The van der Waals surface area contributed by atoms with Gasteiger partial charge in [-0.3, -0.25) is 14.4 Å². The lowest BCUT2D eigenvalue weighted by atomic mass is 10.0. The summed E-state index contributed by atoms with van der Waals surface area (Å²) in [6.07, 6.45) is 5.34. The molecule has 1 aromatic heterocycles. The van der Waals surface area contributed by atoms with Gasteiger partial charge in [-0.2, -0.15) is 0 Å². The lowest BCUT2D eigenvalue weighted by molar-refractivity contribution is -0.169. The Kier molecular flexibility index (Phi) is 10.5. The quantitative estimate of drug-likeness (QED) is 0.279. The molecule has 1 unspecified atom stereocenters. The van der Waals surface area contributed by atoms with Crippen molar-refractivity contribution in [2.24, 2.45) is 0 Å². The molecule has 1 amide bonds. The first-order valence-electron chi connectivity index (χ1n) is 9.87. The number of hydrogen-bond acceptors (Lipinski definition) is 6. The second kappa shape index (κ2) is 12.6. The SMILES string of the molecule is CCCCCCC#Cc1cccc(C(CCOC(C)=O)(NC(C)=O)OC(C)=O)n1. The number of rotatable bonds is 10. The van der Waals surface area contributed by atoms with Crippen LogP contribution in [0, 0.1) is 11.8 Å². The van der Waals surface area contributed by atoms with Crippen LogP contribution in [-0.4, -0.2) is 29.4 Å². The molecule has 0 saturated heterocycles. The second-order valence-electron chi connectivity index (χ2n) is 6.71. The molecule has 1 heterocycles. The summed E-state index contributed by atoms with van der Waals surface area (Å²) >= 11 is 0. The summed E-state index contributed by atoms with van der Waals surface area (Å²) in [6.45, 7) is 5.93. The zero-order valence-corrected chi connectivity index (χ0v) is 17.7. The Morgan fingerprint density at radius 2 is 1.86 bits per heavy atom. The second-order valence-corrected chi connectivity index (χ2v) is 6.71. The molecule has 0 aliphatic rings. The third-order valence-electron chi connectivity index (χ3n) is 3.99. The Morgan fingerprint density at radius 3 is 2.48 bits per heavy atom. The van der Waals surface area contributed by atoms with E-state index < -0.39 is 23.6 Å². The Hall–Kier alpha value is -2.88. The smallest absolute Gasteiger partial charge is 0.305 e. The zero-order chi connectivity index (χ0) is 21.7. The number of nitrogens with one attached hydrogen (secondary N) is 1. The molecule has 0 aliphatic heterocycles. The van der Waals surface area contributed by atoms with E-state index in [2.05, 4.69) is 29.1 Å². The summed E-state index contributed by atoms with van der Waals surface area (Å²) in [7, 11) is 0. The molecule has 0 saturated carbocycles. The summed E-state index contributed by atoms with van der Waals surface area (Å²) in [6, 6.07) is 5.12. The molecule has 0 aliphatic carbocycles. The summed E-state index contributed by atoms with van der Waals surface area (Å²) in [4.78, 5) is 39.2. The minimum absolute atomic E-state index is 0.0205. The maximum Gasteiger partial charge on any atom is 0.305 e. The average molecular weight is 402 g/mol. The zero-order valence-electron chi connectivity index (χ0n) is 17.7. The van der Waals surface area contributed by atoms with Gasteiger partial charge in [-0.1, -0.05) is 38.2 Å². The first kappa shape index (κ1) is 24.2. The molecular weight excluding hydrogens is 372 g/mol. The standard InChI is InChI=1S/C22H30N2O5/c1-5-6-7-8-9-10-12-20-13-11-14-21(23-20)22(24-17(2)25,29-19(4)27)15-16-28-18(3)26/h11,13-14H,5-9,15-16H2,1-4H3,(H,24,25). The van der Waals surface area contributed by atoms with Gasteiger partial charge in [0.25, 0.3) is 0 Å². The lowest BCUT2D eigenvalue weighted by Crippen LogP contribution is -2.49. The van der Waals surface area contributed by atoms with Crippen molar-refractivity contribution >= 4 is 17.8 Å². The fraction of sp³-hybridized carbons (Fsp3) is 0.545. The van der Waals surface area contributed by atoms with E-state index >= 15 is 0 Å². The van der Waals surface area contributed by atoms with E-state index in [-0.39, 0.29) is 13.0 Å². The van der Waals surface area contributed by atoms with Gasteiger partial charge in [0.2, 0.25) is 11.6 Å². The molecular formula is C22H30N2O5. The highest BCUT2D eigenvalue weighted by atomic mass is 16.6. The maximum absolute atomic E-state index is 11.8. The molecule has 0 fully saturated rings. The first-order chi connectivity index (χ1) is 13.8. The van der Waals surface area contributed by atoms with E-state index in [0.29, 0.717) is 11.4 Å². The molecule has 1 aromatic rings. The number of ether oxygens (including phenoxy) is 2. The number of amides is 1. The molecule has 7 nitrogen and oxygen atoms in total. The minimum atomic E-state index is -1.55. The molecule has 0 aromatic carbocycles. The van der Waals surface area contributed by atoms with Crippen molar-refractivity contribution in [3.63, 3.8) is 0 Å². The maximum atomic E-state index is 11.8. The first-order valence-corrected chi connectivity index (χ1v) is 9.87. The third kappa shape index (κ3) is 9.24. The highest BCUT2D eigenvalue weighted by Gasteiger charge is 2.38. The number of pyridine rings is 1. The average Bonchev–Trinajstić information content (AvgIpc) is 2.63. The van der Waals surface area contributed by atoms with Gasteiger partial charge in [0.15, 0.2) is 0 Å². The van der Waals surface area contributed by atoms with E-state index in [1.165, 1.54) is 33.6 Å². The van der Waals surface area contributed by atoms with E-state index in [4.69, 9.17) is 9.47 Å². The van der Waals surface area contributed by atoms with E-state index in [1.807, 2.05) is 0 Å². The van der Waals surface area contributed by atoms with Crippen LogP contribution in [0.4, 0.5) is 0 Å². The molecule has 1 atom stereocenters. The number of carbonyl (C=O) groups excluding carboxylic acids is 3. The van der Waals surface area contributed by atoms with Crippen LogP contribution in [0.5, 0.6) is 0 Å². The van der Waals surface area contributed by atoms with Crippen LogP contribution < -0.4 is 5.32 Å². The largest absolute Gasteiger partial charge is 0.466 e. The van der Waals surface area contributed by atoms with Gasteiger partial charge in [0.1, 0.15) is 11.4 Å². The van der Waals surface area contributed by atoms with Crippen molar-refractivity contribution in [2.75, 3.05) is 6.61 Å². The lowest BCUT2D eigenvalue weighted by Gasteiger charge is -2.33. The molecule has 0 spiro atoms. The number of unbranched alkanes of at least 4 members (excludes halogenated alkanes) is 4. The van der Waals surface area contributed by atoms with Crippen LogP contribution >= 0.6 is 0 Å². The van der Waals surface area contributed by atoms with Crippen molar-refractivity contribution in [2.45, 2.75) is 71.9 Å². The van der Waals surface area contributed by atoms with Crippen LogP contribution in [0.3, 0.4) is 0 Å². The summed E-state index contributed by atoms with van der Waals surface area (Å²) in [5.41, 5.74) is -0.730. The summed E-state index contributed by atoms with van der Waals surface area (Å²) < 4.78 is 10.5. The van der Waals surface area contributed by atoms with Gasteiger partial charge in [-0.15, -0.1) is 0 Å². The topological polar surface area (TPSA) is 94.6 Å². The number of esters is 2. The number of nitrogens with zero attached hydrogens (tertiary/aromatic N) is 1. The van der Waals surface area contributed by atoms with E-state index in [1.54, 1.807) is 18.2 Å². The monoisotopic (exact) mass is 402 g/mol. The fourth-order valence-corrected chi connectivity index (χ4v) is 2.77. The molecule has 1 rings (SSSR count). The van der Waals surface area contributed by atoms with Gasteiger partial charge in [-0.25, -0.2) is 4.98 Å². The molecule has 158 valence electrons. The predicted molar refractivity (Wildman–Crippen MR) is 108 cm³/mol. The summed E-state index contributed by atoms with van der Waals surface area (Å²) in [5, 5.41) is 2.65. The minimum Gasteiger partial charge on any atom is -0.466 e. The van der Waals surface area contributed by atoms with Gasteiger partial charge in [-0.05, 0) is 24.5 Å². The molecule has 29 heavy (non-hydrogen) atoms. The van der Waals surface area contributed by atoms with Crippen molar-refractivity contribution in [3.05, 3.63) is 29.6 Å². The highest BCUT2D eigenvalue weighted by molar-refractivity contribution is 5.75. The Bertz CT molecular complexity index is 748. The van der Waals surface area contributed by atoms with Gasteiger partial charge in [0, 0.05) is 33.6 Å². The van der Waals surface area contributed by atoms with Gasteiger partial charge < -0.3 is 14.8 Å². The van der Waals surface area contributed by atoms with Crippen LogP contribution in [0.25, 0.3) is 0 Å². The fourth-order valence-electron chi connectivity index (χ4n) is 2.77. The van der Waals surface area contributed by atoms with Crippen LogP contribution in [0.2, 0.25) is 0 Å². The van der Waals surface area contributed by atoms with Crippen LogP contribution in [0.15, 0.2) is 18.2 Å². The van der Waals surface area contributed by atoms with Crippen molar-refractivity contribution < 1.29 is 23.9 Å². The van der Waals surface area contributed by atoms with Crippen molar-refractivity contribution in [1.82, 2.24) is 10.3 Å². The van der Waals surface area contributed by atoms with Crippen LogP contribution in [-0.2, 0) is 29.6 Å². The van der Waals surface area contributed by atoms with Crippen molar-refractivity contribution in [1.29, 1.82) is 0 Å². The number of aromatic nitrogens is 1. The van der Waals surface area contributed by atoms with Gasteiger partial charge in [0.05, 0.1) is 6.61 Å². The summed E-state index contributed by atoms with van der Waals surface area (Å²) in [5.74, 6) is 4.63. The third-order valence-corrected chi connectivity index (χ3v) is 3.99.